The first-order valence-corrected chi connectivity index (χ1v) is 5.85. The van der Waals surface area contributed by atoms with E-state index < -0.39 is 24.2 Å². The molecule has 0 aromatic heterocycles. The highest BCUT2D eigenvalue weighted by Crippen LogP contribution is 2.37. The van der Waals surface area contributed by atoms with Crippen LogP contribution in [0.25, 0.3) is 0 Å². The van der Waals surface area contributed by atoms with Crippen molar-refractivity contribution in [3.8, 4) is 5.75 Å². The molecule has 0 aliphatic carbocycles. The Morgan fingerprint density at radius 2 is 1.75 bits per heavy atom. The molecule has 0 spiro atoms. The summed E-state index contributed by atoms with van der Waals surface area (Å²) in [5.41, 5.74) is 0.135. The van der Waals surface area contributed by atoms with Gasteiger partial charge in [0, 0.05) is 13.3 Å². The molecular formula is C13H14F4O3. The maximum atomic E-state index is 12.9. The van der Waals surface area contributed by atoms with Crippen LogP contribution in [0.5, 0.6) is 5.75 Å². The number of ether oxygens (including phenoxy) is 1. The number of aromatic hydroxyl groups is 1. The number of carbonyl (C=O) groups is 1. The van der Waals surface area contributed by atoms with Crippen LogP contribution in [-0.4, -0.2) is 29.5 Å². The van der Waals surface area contributed by atoms with Gasteiger partial charge in [-0.25, -0.2) is 13.6 Å². The largest absolute Gasteiger partial charge is 0.508 e. The molecule has 0 saturated carbocycles. The summed E-state index contributed by atoms with van der Waals surface area (Å²) < 4.78 is 55.5. The Balaban J connectivity index is 2.38. The van der Waals surface area contributed by atoms with Crippen molar-refractivity contribution in [1.29, 1.82) is 0 Å². The molecule has 1 rings (SSSR count). The van der Waals surface area contributed by atoms with E-state index >= 15 is 0 Å². The molecule has 20 heavy (non-hydrogen) atoms. The number of hydrogen-bond acceptors (Lipinski definition) is 3. The molecule has 0 aliphatic heterocycles. The van der Waals surface area contributed by atoms with Crippen LogP contribution >= 0.6 is 0 Å². The summed E-state index contributed by atoms with van der Waals surface area (Å²) in [7, 11) is 0. The minimum atomic E-state index is -4.13. The third kappa shape index (κ3) is 4.40. The summed E-state index contributed by atoms with van der Waals surface area (Å²) in [4.78, 5) is 11.4. The van der Waals surface area contributed by atoms with Crippen molar-refractivity contribution in [2.75, 3.05) is 6.61 Å². The van der Waals surface area contributed by atoms with Crippen LogP contribution in [0.2, 0.25) is 0 Å². The van der Waals surface area contributed by atoms with E-state index in [1.54, 1.807) is 0 Å². The second-order valence-corrected chi connectivity index (χ2v) is 4.38. The van der Waals surface area contributed by atoms with Gasteiger partial charge in [0.25, 0.3) is 0 Å². The third-order valence-electron chi connectivity index (χ3n) is 2.61. The van der Waals surface area contributed by atoms with Gasteiger partial charge in [-0.15, -0.1) is 0 Å². The van der Waals surface area contributed by atoms with Gasteiger partial charge in [0.1, 0.15) is 5.75 Å². The van der Waals surface area contributed by atoms with E-state index in [2.05, 4.69) is 4.74 Å². The molecule has 0 bridgehead atoms. The first-order valence-electron chi connectivity index (χ1n) is 5.85. The fourth-order valence-corrected chi connectivity index (χ4v) is 1.36. The first kappa shape index (κ1) is 16.3. The van der Waals surface area contributed by atoms with Crippen LogP contribution in [0, 0.1) is 0 Å². The highest BCUT2D eigenvalue weighted by molar-refractivity contribution is 5.89. The van der Waals surface area contributed by atoms with Crippen molar-refractivity contribution in [2.24, 2.45) is 0 Å². The van der Waals surface area contributed by atoms with Crippen LogP contribution in [-0.2, 0) is 4.74 Å². The Morgan fingerprint density at radius 1 is 1.20 bits per heavy atom. The Kier molecular flexibility index (Phi) is 4.97. The molecule has 1 N–H and O–H groups in total. The molecule has 1 aromatic rings. The molecule has 0 aliphatic rings. The van der Waals surface area contributed by atoms with Gasteiger partial charge in [-0.3, -0.25) is 0 Å². The van der Waals surface area contributed by atoms with E-state index in [0.29, 0.717) is 0 Å². The second kappa shape index (κ2) is 6.11. The lowest BCUT2D eigenvalue weighted by Gasteiger charge is -2.22. The molecule has 112 valence electrons. The smallest absolute Gasteiger partial charge is 0.338 e. The van der Waals surface area contributed by atoms with E-state index in [1.807, 2.05) is 0 Å². The van der Waals surface area contributed by atoms with Gasteiger partial charge in [-0.1, -0.05) is 0 Å². The Morgan fingerprint density at radius 3 is 2.25 bits per heavy atom. The molecule has 0 radical (unpaired) electrons. The molecule has 0 saturated heterocycles. The zero-order valence-electron chi connectivity index (χ0n) is 10.7. The highest BCUT2D eigenvalue weighted by Gasteiger charge is 2.51. The molecule has 0 fully saturated rings. The van der Waals surface area contributed by atoms with E-state index in [-0.39, 0.29) is 31.3 Å². The average molecular weight is 294 g/mol. The van der Waals surface area contributed by atoms with Gasteiger partial charge >= 0.3 is 17.8 Å². The number of phenolic OH excluding ortho intramolecular Hbond substituents is 1. The fourth-order valence-electron chi connectivity index (χ4n) is 1.36. The van der Waals surface area contributed by atoms with Gasteiger partial charge in [0.05, 0.1) is 12.2 Å². The Labute approximate surface area is 113 Å². The number of esters is 1. The maximum Gasteiger partial charge on any atom is 0.338 e. The molecule has 0 atom stereocenters. The van der Waals surface area contributed by atoms with Crippen molar-refractivity contribution in [3.05, 3.63) is 29.8 Å². The lowest BCUT2D eigenvalue weighted by molar-refractivity contribution is -0.202. The molecule has 0 amide bonds. The average Bonchev–Trinajstić information content (AvgIpc) is 2.34. The minimum absolute atomic E-state index is 0.0358. The summed E-state index contributed by atoms with van der Waals surface area (Å²) >= 11 is 0. The number of alkyl halides is 4. The molecule has 1 aromatic carbocycles. The second-order valence-electron chi connectivity index (χ2n) is 4.38. The van der Waals surface area contributed by atoms with Crippen molar-refractivity contribution in [1.82, 2.24) is 0 Å². The fraction of sp³-hybridized carbons (Fsp3) is 0.462. The maximum absolute atomic E-state index is 12.9. The Hall–Kier alpha value is -1.79. The highest BCUT2D eigenvalue weighted by atomic mass is 19.3. The zero-order chi connectivity index (χ0) is 15.4. The van der Waals surface area contributed by atoms with Crippen LogP contribution in [0.3, 0.4) is 0 Å². The molecule has 7 heteroatoms. The summed E-state index contributed by atoms with van der Waals surface area (Å²) in [6.07, 6.45) is -1.44. The lowest BCUT2D eigenvalue weighted by Crippen LogP contribution is -2.37. The number of phenols is 1. The monoisotopic (exact) mass is 294 g/mol. The minimum Gasteiger partial charge on any atom is -0.508 e. The number of rotatable bonds is 6. The van der Waals surface area contributed by atoms with Gasteiger partial charge in [0.15, 0.2) is 0 Å². The van der Waals surface area contributed by atoms with Crippen LogP contribution < -0.4 is 0 Å². The lowest BCUT2D eigenvalue weighted by atomic mass is 10.1. The van der Waals surface area contributed by atoms with Gasteiger partial charge in [-0.05, 0) is 30.7 Å². The summed E-state index contributed by atoms with van der Waals surface area (Å²) in [5, 5.41) is 9.01. The van der Waals surface area contributed by atoms with E-state index in [4.69, 9.17) is 5.11 Å². The predicted octanol–water partition coefficient (Wildman–Crippen LogP) is 3.62. The van der Waals surface area contributed by atoms with Crippen LogP contribution in [0.1, 0.15) is 30.1 Å². The quantitative estimate of drug-likeness (QED) is 0.495. The molecule has 0 heterocycles. The summed E-state index contributed by atoms with van der Waals surface area (Å²) in [6, 6.07) is 5.13. The van der Waals surface area contributed by atoms with Crippen molar-refractivity contribution in [3.63, 3.8) is 0 Å². The summed E-state index contributed by atoms with van der Waals surface area (Å²) in [6.45, 7) is -0.235. The SMILES string of the molecule is CC(F)(F)C(F)(F)CCCOC(=O)c1ccc(O)cc1. The topological polar surface area (TPSA) is 46.5 Å². The third-order valence-corrected chi connectivity index (χ3v) is 2.61. The van der Waals surface area contributed by atoms with Gasteiger partial charge in [-0.2, -0.15) is 8.78 Å². The van der Waals surface area contributed by atoms with E-state index in [0.717, 1.165) is 0 Å². The van der Waals surface area contributed by atoms with Crippen LogP contribution in [0.4, 0.5) is 17.6 Å². The van der Waals surface area contributed by atoms with Crippen molar-refractivity contribution < 1.29 is 32.2 Å². The van der Waals surface area contributed by atoms with Crippen molar-refractivity contribution >= 4 is 5.97 Å². The Bertz CT molecular complexity index is 452. The van der Waals surface area contributed by atoms with Gasteiger partial charge in [0.2, 0.25) is 0 Å². The number of benzene rings is 1. The number of carbonyl (C=O) groups excluding carboxylic acids is 1. The predicted molar refractivity (Wildman–Crippen MR) is 63.2 cm³/mol. The normalized spacial score (nSPS) is 12.2. The number of halogens is 4. The molecule has 3 nitrogen and oxygen atoms in total. The first-order chi connectivity index (χ1) is 9.13. The van der Waals surface area contributed by atoms with E-state index in [1.165, 1.54) is 24.3 Å². The number of hydrogen-bond donors (Lipinski definition) is 1. The molecular weight excluding hydrogens is 280 g/mol. The van der Waals surface area contributed by atoms with Crippen LogP contribution in [0.15, 0.2) is 24.3 Å². The van der Waals surface area contributed by atoms with E-state index in [9.17, 15) is 22.4 Å². The standard InChI is InChI=1S/C13H14F4O3/c1-12(14,15)13(16,17)7-2-8-20-11(19)9-3-5-10(18)6-4-9/h3-6,18H,2,7-8H2,1H3. The summed E-state index contributed by atoms with van der Waals surface area (Å²) in [5.74, 6) is -9.03. The zero-order valence-corrected chi connectivity index (χ0v) is 10.7. The van der Waals surface area contributed by atoms with Gasteiger partial charge < -0.3 is 9.84 Å². The van der Waals surface area contributed by atoms with Crippen molar-refractivity contribution in [2.45, 2.75) is 31.6 Å². The molecule has 0 unspecified atom stereocenters.